The topological polar surface area (TPSA) is 49.4 Å². The lowest BCUT2D eigenvalue weighted by Gasteiger charge is -2.22. The number of nitrogens with zero attached hydrogens (tertiary/aromatic N) is 1. The molecule has 20 heavy (non-hydrogen) atoms. The predicted octanol–water partition coefficient (Wildman–Crippen LogP) is 1.85. The van der Waals surface area contributed by atoms with Crippen molar-refractivity contribution in [2.45, 2.75) is 50.7 Å². The molecule has 1 atom stereocenters. The van der Waals surface area contributed by atoms with E-state index in [2.05, 4.69) is 5.32 Å². The van der Waals surface area contributed by atoms with Crippen molar-refractivity contribution >= 4 is 11.8 Å². The van der Waals surface area contributed by atoms with Gasteiger partial charge < -0.3 is 5.32 Å². The monoisotopic (exact) mass is 272 g/mol. The van der Waals surface area contributed by atoms with Crippen molar-refractivity contribution in [3.63, 3.8) is 0 Å². The maximum absolute atomic E-state index is 12.4. The maximum atomic E-state index is 12.4. The Hall–Kier alpha value is -1.68. The van der Waals surface area contributed by atoms with Gasteiger partial charge in [0.05, 0.1) is 12.5 Å². The largest absolute Gasteiger partial charge is 0.301 e. The van der Waals surface area contributed by atoms with Gasteiger partial charge in [-0.15, -0.1) is 0 Å². The van der Waals surface area contributed by atoms with Gasteiger partial charge in [0.25, 0.3) is 0 Å². The number of benzene rings is 1. The number of imide groups is 1. The Bertz CT molecular complexity index is 494. The number of carbonyl (C=O) groups excluding carboxylic acids is 2. The van der Waals surface area contributed by atoms with Gasteiger partial charge in [0, 0.05) is 12.6 Å². The highest BCUT2D eigenvalue weighted by Crippen LogP contribution is 2.28. The Labute approximate surface area is 119 Å². The minimum absolute atomic E-state index is 0.00698. The molecule has 2 fully saturated rings. The summed E-state index contributed by atoms with van der Waals surface area (Å²) >= 11 is 0. The van der Waals surface area contributed by atoms with Gasteiger partial charge in [-0.3, -0.25) is 14.5 Å². The first kappa shape index (κ1) is 13.3. The van der Waals surface area contributed by atoms with Crippen LogP contribution in [-0.4, -0.2) is 28.8 Å². The highest BCUT2D eigenvalue weighted by Gasteiger charge is 2.42. The molecular weight excluding hydrogens is 252 g/mol. The van der Waals surface area contributed by atoms with Gasteiger partial charge in [-0.25, -0.2) is 0 Å². The van der Waals surface area contributed by atoms with Gasteiger partial charge in [-0.1, -0.05) is 43.2 Å². The van der Waals surface area contributed by atoms with Gasteiger partial charge in [-0.2, -0.15) is 0 Å². The zero-order chi connectivity index (χ0) is 13.9. The van der Waals surface area contributed by atoms with E-state index in [0.717, 1.165) is 31.2 Å². The second kappa shape index (κ2) is 5.75. The van der Waals surface area contributed by atoms with E-state index in [0.29, 0.717) is 13.0 Å². The average Bonchev–Trinajstić information content (AvgIpc) is 3.06. The minimum Gasteiger partial charge on any atom is -0.301 e. The maximum Gasteiger partial charge on any atom is 0.247 e. The lowest BCUT2D eigenvalue weighted by molar-refractivity contribution is -0.141. The van der Waals surface area contributed by atoms with Crippen LogP contribution in [0, 0.1) is 0 Å². The van der Waals surface area contributed by atoms with E-state index in [1.54, 1.807) is 0 Å². The Morgan fingerprint density at radius 2 is 1.80 bits per heavy atom. The van der Waals surface area contributed by atoms with Crippen molar-refractivity contribution in [3.8, 4) is 0 Å². The van der Waals surface area contributed by atoms with Gasteiger partial charge in [0.2, 0.25) is 11.8 Å². The van der Waals surface area contributed by atoms with E-state index in [-0.39, 0.29) is 23.9 Å². The number of rotatable bonds is 4. The lowest BCUT2D eigenvalue weighted by Crippen LogP contribution is -2.42. The first-order valence-corrected chi connectivity index (χ1v) is 7.39. The van der Waals surface area contributed by atoms with E-state index in [9.17, 15) is 9.59 Å². The zero-order valence-electron chi connectivity index (χ0n) is 11.5. The molecule has 2 aliphatic rings. The molecule has 0 radical (unpaired) electrons. The molecule has 1 aromatic carbocycles. The molecule has 4 heteroatoms. The fraction of sp³-hybridized carbons (Fsp3) is 0.500. The van der Waals surface area contributed by atoms with Gasteiger partial charge >= 0.3 is 0 Å². The smallest absolute Gasteiger partial charge is 0.247 e. The van der Waals surface area contributed by atoms with Crippen molar-refractivity contribution < 1.29 is 9.59 Å². The third kappa shape index (κ3) is 2.61. The predicted molar refractivity (Wildman–Crippen MR) is 75.8 cm³/mol. The third-order valence-electron chi connectivity index (χ3n) is 4.27. The molecule has 1 saturated carbocycles. The molecule has 0 aromatic heterocycles. The molecule has 3 rings (SSSR count). The Balaban J connectivity index is 1.61. The Morgan fingerprint density at radius 3 is 2.50 bits per heavy atom. The van der Waals surface area contributed by atoms with Gasteiger partial charge in [-0.05, 0) is 18.4 Å². The zero-order valence-corrected chi connectivity index (χ0v) is 11.5. The van der Waals surface area contributed by atoms with Crippen LogP contribution in [0.5, 0.6) is 0 Å². The minimum atomic E-state index is -0.344. The van der Waals surface area contributed by atoms with Crippen molar-refractivity contribution in [1.29, 1.82) is 0 Å². The normalized spacial score (nSPS) is 23.8. The molecule has 1 saturated heterocycles. The number of hydrogen-bond acceptors (Lipinski definition) is 3. The van der Waals surface area contributed by atoms with Crippen LogP contribution in [0.15, 0.2) is 30.3 Å². The summed E-state index contributed by atoms with van der Waals surface area (Å²) in [4.78, 5) is 25.9. The highest BCUT2D eigenvalue weighted by molar-refractivity contribution is 6.05. The summed E-state index contributed by atoms with van der Waals surface area (Å²) in [6.45, 7) is 0.628. The van der Waals surface area contributed by atoms with Gasteiger partial charge in [0.15, 0.2) is 0 Å². The quantitative estimate of drug-likeness (QED) is 0.851. The van der Waals surface area contributed by atoms with Gasteiger partial charge in [0.1, 0.15) is 0 Å². The molecule has 106 valence electrons. The lowest BCUT2D eigenvalue weighted by atomic mass is 10.2. The van der Waals surface area contributed by atoms with Crippen LogP contribution in [0.1, 0.15) is 37.7 Å². The van der Waals surface area contributed by atoms with Crippen LogP contribution in [-0.2, 0) is 16.1 Å². The summed E-state index contributed by atoms with van der Waals surface area (Å²) < 4.78 is 0. The molecule has 1 unspecified atom stereocenters. The highest BCUT2D eigenvalue weighted by atomic mass is 16.2. The molecule has 0 bridgehead atoms. The molecule has 4 nitrogen and oxygen atoms in total. The molecule has 1 aliphatic carbocycles. The summed E-state index contributed by atoms with van der Waals surface area (Å²) in [6.07, 6.45) is 4.52. The Kier molecular flexibility index (Phi) is 3.83. The van der Waals surface area contributed by atoms with E-state index in [1.807, 2.05) is 30.3 Å². The Morgan fingerprint density at radius 1 is 1.10 bits per heavy atom. The average molecular weight is 272 g/mol. The van der Waals surface area contributed by atoms with E-state index >= 15 is 0 Å². The van der Waals surface area contributed by atoms with Crippen LogP contribution in [0.2, 0.25) is 0 Å². The molecule has 1 aliphatic heterocycles. The summed E-state index contributed by atoms with van der Waals surface area (Å²) in [5.41, 5.74) is 1.13. The molecule has 1 heterocycles. The first-order chi connectivity index (χ1) is 9.75. The van der Waals surface area contributed by atoms with Crippen molar-refractivity contribution in [2.24, 2.45) is 0 Å². The van der Waals surface area contributed by atoms with Crippen molar-refractivity contribution in [3.05, 3.63) is 35.9 Å². The van der Waals surface area contributed by atoms with Crippen LogP contribution < -0.4 is 5.32 Å². The number of carbonyl (C=O) groups is 2. The summed E-state index contributed by atoms with van der Waals surface area (Å²) in [7, 11) is 0. The third-order valence-corrected chi connectivity index (χ3v) is 4.27. The molecule has 1 aromatic rings. The molecule has 2 amide bonds. The van der Waals surface area contributed by atoms with Crippen molar-refractivity contribution in [2.75, 3.05) is 0 Å². The summed E-state index contributed by atoms with van der Waals surface area (Å²) in [6, 6.07) is 9.76. The molecule has 1 N–H and O–H groups in total. The van der Waals surface area contributed by atoms with Crippen LogP contribution >= 0.6 is 0 Å². The number of hydrogen-bond donors (Lipinski definition) is 1. The van der Waals surface area contributed by atoms with E-state index in [4.69, 9.17) is 0 Å². The summed E-state index contributed by atoms with van der Waals surface area (Å²) in [5.74, 6) is -0.0368. The number of likely N-dealkylation sites (tertiary alicyclic amines) is 1. The van der Waals surface area contributed by atoms with Crippen LogP contribution in [0.25, 0.3) is 0 Å². The second-order valence-electron chi connectivity index (χ2n) is 5.66. The molecule has 0 spiro atoms. The van der Waals surface area contributed by atoms with E-state index < -0.39 is 0 Å². The SMILES string of the molecule is O=C1CC(NCc2ccccc2)C(=O)N1C1CCCC1. The fourth-order valence-corrected chi connectivity index (χ4v) is 3.19. The van der Waals surface area contributed by atoms with Crippen LogP contribution in [0.3, 0.4) is 0 Å². The standard InChI is InChI=1S/C16H20N2O2/c19-15-10-14(17-11-12-6-2-1-3-7-12)16(20)18(15)13-8-4-5-9-13/h1-3,6-7,13-14,17H,4-5,8-11H2. The van der Waals surface area contributed by atoms with E-state index in [1.165, 1.54) is 4.90 Å². The fourth-order valence-electron chi connectivity index (χ4n) is 3.19. The van der Waals surface area contributed by atoms with Crippen LogP contribution in [0.4, 0.5) is 0 Å². The first-order valence-electron chi connectivity index (χ1n) is 7.39. The summed E-state index contributed by atoms with van der Waals surface area (Å²) in [5, 5.41) is 3.22. The number of amides is 2. The molecular formula is C16H20N2O2. The number of nitrogens with one attached hydrogen (secondary N) is 1. The van der Waals surface area contributed by atoms with Crippen molar-refractivity contribution in [1.82, 2.24) is 10.2 Å². The second-order valence-corrected chi connectivity index (χ2v) is 5.66.